The minimum absolute atomic E-state index is 0.870. The minimum Gasteiger partial charge on any atom is -0.497 e. The molecule has 0 bridgehead atoms. The van der Waals surface area contributed by atoms with Crippen molar-refractivity contribution in [3.63, 3.8) is 0 Å². The van der Waals surface area contributed by atoms with E-state index in [-0.39, 0.29) is 0 Å². The number of methoxy groups -OCH3 is 1. The van der Waals surface area contributed by atoms with Crippen molar-refractivity contribution in [3.8, 4) is 5.75 Å². The lowest BCUT2D eigenvalue weighted by molar-refractivity contribution is 0.131. The van der Waals surface area contributed by atoms with E-state index in [0.29, 0.717) is 0 Å². The van der Waals surface area contributed by atoms with E-state index in [4.69, 9.17) is 4.74 Å². The van der Waals surface area contributed by atoms with Crippen LogP contribution in [0.5, 0.6) is 5.75 Å². The zero-order chi connectivity index (χ0) is 18.5. The van der Waals surface area contributed by atoms with Crippen LogP contribution in [-0.2, 0) is 6.54 Å². The monoisotopic (exact) mass is 359 g/mol. The van der Waals surface area contributed by atoms with Crippen LogP contribution in [-0.4, -0.2) is 49.4 Å². The number of piperazine rings is 1. The Balaban J connectivity index is 1.34. The van der Waals surface area contributed by atoms with E-state index in [2.05, 4.69) is 57.5 Å². The SMILES string of the molecule is COc1ccc(/C=N/N2CCN(Cc3cccc4ccccc34)CC2)cc1. The molecule has 1 aliphatic heterocycles. The van der Waals surface area contributed by atoms with E-state index >= 15 is 0 Å². The molecule has 4 rings (SSSR count). The summed E-state index contributed by atoms with van der Waals surface area (Å²) in [6.45, 7) is 4.97. The van der Waals surface area contributed by atoms with Crippen molar-refractivity contribution in [1.29, 1.82) is 0 Å². The molecule has 0 N–H and O–H groups in total. The second kappa shape index (κ2) is 8.23. The zero-order valence-electron chi connectivity index (χ0n) is 15.7. The van der Waals surface area contributed by atoms with Crippen LogP contribution >= 0.6 is 0 Å². The number of ether oxygens (including phenoxy) is 1. The van der Waals surface area contributed by atoms with Gasteiger partial charge < -0.3 is 4.74 Å². The van der Waals surface area contributed by atoms with Gasteiger partial charge in [0.05, 0.1) is 13.3 Å². The molecule has 0 unspecified atom stereocenters. The molecule has 0 amide bonds. The van der Waals surface area contributed by atoms with E-state index in [1.54, 1.807) is 7.11 Å². The molecule has 0 aromatic heterocycles. The smallest absolute Gasteiger partial charge is 0.118 e. The highest BCUT2D eigenvalue weighted by Crippen LogP contribution is 2.20. The first kappa shape index (κ1) is 17.6. The van der Waals surface area contributed by atoms with Gasteiger partial charge in [0.15, 0.2) is 0 Å². The molecule has 0 atom stereocenters. The quantitative estimate of drug-likeness (QED) is 0.645. The highest BCUT2D eigenvalue weighted by Gasteiger charge is 2.16. The zero-order valence-corrected chi connectivity index (χ0v) is 15.7. The van der Waals surface area contributed by atoms with Crippen LogP contribution in [0.3, 0.4) is 0 Å². The average Bonchev–Trinajstić information content (AvgIpc) is 2.74. The molecule has 1 fully saturated rings. The number of rotatable bonds is 5. The summed E-state index contributed by atoms with van der Waals surface area (Å²) in [4.78, 5) is 2.52. The summed E-state index contributed by atoms with van der Waals surface area (Å²) < 4.78 is 5.19. The van der Waals surface area contributed by atoms with Gasteiger partial charge >= 0.3 is 0 Å². The van der Waals surface area contributed by atoms with Crippen molar-refractivity contribution in [2.24, 2.45) is 5.10 Å². The molecule has 27 heavy (non-hydrogen) atoms. The lowest BCUT2D eigenvalue weighted by Gasteiger charge is -2.33. The maximum absolute atomic E-state index is 5.19. The van der Waals surface area contributed by atoms with Gasteiger partial charge in [-0.3, -0.25) is 9.91 Å². The Bertz CT molecular complexity index is 907. The largest absolute Gasteiger partial charge is 0.497 e. The van der Waals surface area contributed by atoms with Gasteiger partial charge in [0, 0.05) is 32.7 Å². The molecule has 1 saturated heterocycles. The van der Waals surface area contributed by atoms with Gasteiger partial charge in [-0.05, 0) is 46.2 Å². The standard InChI is InChI=1S/C23H25N3O/c1-27-22-11-9-19(10-12-22)17-24-26-15-13-25(14-16-26)18-21-7-4-6-20-5-2-3-8-23(20)21/h2-12,17H,13-16,18H2,1H3/b24-17+. The minimum atomic E-state index is 0.870. The predicted molar refractivity (Wildman–Crippen MR) is 111 cm³/mol. The summed E-state index contributed by atoms with van der Waals surface area (Å²) >= 11 is 0. The second-order valence-corrected chi connectivity index (χ2v) is 6.89. The Morgan fingerprint density at radius 1 is 0.889 bits per heavy atom. The lowest BCUT2D eigenvalue weighted by Crippen LogP contribution is -2.43. The Morgan fingerprint density at radius 3 is 2.41 bits per heavy atom. The van der Waals surface area contributed by atoms with Gasteiger partial charge in [-0.1, -0.05) is 42.5 Å². The summed E-state index contributed by atoms with van der Waals surface area (Å²) in [5.74, 6) is 0.870. The average molecular weight is 359 g/mol. The fraction of sp³-hybridized carbons (Fsp3) is 0.261. The van der Waals surface area contributed by atoms with E-state index in [1.165, 1.54) is 16.3 Å². The third kappa shape index (κ3) is 4.29. The number of benzene rings is 3. The molecule has 3 aromatic rings. The van der Waals surface area contributed by atoms with Gasteiger partial charge in [0.2, 0.25) is 0 Å². The molecule has 3 aromatic carbocycles. The molecule has 1 heterocycles. The number of fused-ring (bicyclic) bond motifs is 1. The molecule has 138 valence electrons. The normalized spacial score (nSPS) is 15.5. The highest BCUT2D eigenvalue weighted by atomic mass is 16.5. The molecule has 0 spiro atoms. The molecular weight excluding hydrogens is 334 g/mol. The van der Waals surface area contributed by atoms with Crippen molar-refractivity contribution in [2.75, 3.05) is 33.3 Å². The Labute approximate surface area is 160 Å². The van der Waals surface area contributed by atoms with Crippen molar-refractivity contribution in [2.45, 2.75) is 6.54 Å². The van der Waals surface area contributed by atoms with Crippen LogP contribution in [0, 0.1) is 0 Å². The number of hydrogen-bond acceptors (Lipinski definition) is 4. The van der Waals surface area contributed by atoms with Crippen molar-refractivity contribution in [1.82, 2.24) is 9.91 Å². The first-order valence-corrected chi connectivity index (χ1v) is 9.44. The van der Waals surface area contributed by atoms with E-state index in [9.17, 15) is 0 Å². The van der Waals surface area contributed by atoms with Gasteiger partial charge in [0.25, 0.3) is 0 Å². The topological polar surface area (TPSA) is 28.1 Å². The van der Waals surface area contributed by atoms with Crippen LogP contribution < -0.4 is 4.74 Å². The van der Waals surface area contributed by atoms with E-state index in [0.717, 1.165) is 44.0 Å². The molecule has 0 saturated carbocycles. The fourth-order valence-corrected chi connectivity index (χ4v) is 3.52. The summed E-state index contributed by atoms with van der Waals surface area (Å²) in [5.41, 5.74) is 2.50. The molecule has 0 aliphatic carbocycles. The van der Waals surface area contributed by atoms with Gasteiger partial charge in [0.1, 0.15) is 5.75 Å². The Kier molecular flexibility index (Phi) is 5.35. The highest BCUT2D eigenvalue weighted by molar-refractivity contribution is 5.85. The molecule has 1 aliphatic rings. The van der Waals surface area contributed by atoms with Crippen LogP contribution in [0.1, 0.15) is 11.1 Å². The van der Waals surface area contributed by atoms with Crippen LogP contribution in [0.15, 0.2) is 71.8 Å². The molecule has 0 radical (unpaired) electrons. The number of hydrazone groups is 1. The number of nitrogens with zero attached hydrogens (tertiary/aromatic N) is 3. The van der Waals surface area contributed by atoms with Crippen LogP contribution in [0.25, 0.3) is 10.8 Å². The summed E-state index contributed by atoms with van der Waals surface area (Å²) in [6.07, 6.45) is 1.93. The fourth-order valence-electron chi connectivity index (χ4n) is 3.52. The first-order valence-electron chi connectivity index (χ1n) is 9.44. The summed E-state index contributed by atoms with van der Waals surface area (Å²) in [6, 6.07) is 23.2. The predicted octanol–water partition coefficient (Wildman–Crippen LogP) is 4.00. The summed E-state index contributed by atoms with van der Waals surface area (Å²) in [5, 5.41) is 9.48. The first-order chi connectivity index (χ1) is 13.3. The molecule has 4 nitrogen and oxygen atoms in total. The van der Waals surface area contributed by atoms with Crippen molar-refractivity contribution < 1.29 is 4.74 Å². The van der Waals surface area contributed by atoms with E-state index in [1.807, 2.05) is 30.5 Å². The second-order valence-electron chi connectivity index (χ2n) is 6.89. The third-order valence-electron chi connectivity index (χ3n) is 5.11. The maximum atomic E-state index is 5.19. The molecular formula is C23H25N3O. The number of hydrogen-bond donors (Lipinski definition) is 0. The lowest BCUT2D eigenvalue weighted by atomic mass is 10.0. The van der Waals surface area contributed by atoms with Gasteiger partial charge in [-0.25, -0.2) is 0 Å². The Morgan fingerprint density at radius 2 is 1.63 bits per heavy atom. The molecule has 4 heteroatoms. The van der Waals surface area contributed by atoms with Crippen molar-refractivity contribution >= 4 is 17.0 Å². The summed E-state index contributed by atoms with van der Waals surface area (Å²) in [7, 11) is 1.68. The maximum Gasteiger partial charge on any atom is 0.118 e. The van der Waals surface area contributed by atoms with Crippen LogP contribution in [0.4, 0.5) is 0 Å². The van der Waals surface area contributed by atoms with Gasteiger partial charge in [-0.2, -0.15) is 5.10 Å². The van der Waals surface area contributed by atoms with Gasteiger partial charge in [-0.15, -0.1) is 0 Å². The van der Waals surface area contributed by atoms with E-state index < -0.39 is 0 Å². The van der Waals surface area contributed by atoms with Crippen LogP contribution in [0.2, 0.25) is 0 Å². The third-order valence-corrected chi connectivity index (χ3v) is 5.11. The Hall–Kier alpha value is -2.85. The van der Waals surface area contributed by atoms with Crippen molar-refractivity contribution in [3.05, 3.63) is 77.9 Å².